The Labute approximate surface area is 120 Å². The van der Waals surface area contributed by atoms with E-state index in [1.165, 1.54) is 5.57 Å². The molecule has 4 heteroatoms. The van der Waals surface area contributed by atoms with Crippen molar-refractivity contribution in [2.75, 3.05) is 19.6 Å². The van der Waals surface area contributed by atoms with Crippen LogP contribution in [0.1, 0.15) is 27.9 Å². The molecule has 0 unspecified atom stereocenters. The van der Waals surface area contributed by atoms with Crippen molar-refractivity contribution in [1.29, 1.82) is 0 Å². The fraction of sp³-hybridized carbons (Fsp3) is 0.400. The van der Waals surface area contributed by atoms with Crippen LogP contribution in [0.4, 0.5) is 0 Å². The summed E-state index contributed by atoms with van der Waals surface area (Å²) in [6.45, 7) is 6.53. The van der Waals surface area contributed by atoms with Crippen molar-refractivity contribution in [3.05, 3.63) is 46.5 Å². The fourth-order valence-electron chi connectivity index (χ4n) is 2.28. The van der Waals surface area contributed by atoms with Crippen molar-refractivity contribution in [3.8, 4) is 0 Å². The van der Waals surface area contributed by atoms with E-state index in [1.54, 1.807) is 0 Å². The smallest absolute Gasteiger partial charge is 0.252 e. The summed E-state index contributed by atoms with van der Waals surface area (Å²) in [6, 6.07) is 5.94. The Morgan fingerprint density at radius 1 is 1.32 bits per heavy atom. The first-order chi connectivity index (χ1) is 8.68. The molecule has 0 radical (unpaired) electrons. The lowest BCUT2D eigenvalue weighted by Gasteiger charge is -2.15. The molecular formula is C15H21ClN2O. The monoisotopic (exact) mass is 280 g/mol. The highest BCUT2D eigenvalue weighted by Crippen LogP contribution is 2.13. The highest BCUT2D eigenvalue weighted by atomic mass is 35.5. The first kappa shape index (κ1) is 15.7. The number of aryl methyl sites for hydroxylation is 2. The highest BCUT2D eigenvalue weighted by molar-refractivity contribution is 5.97. The number of amides is 1. The zero-order valence-corrected chi connectivity index (χ0v) is 12.3. The molecule has 1 aliphatic rings. The summed E-state index contributed by atoms with van der Waals surface area (Å²) < 4.78 is 0. The van der Waals surface area contributed by atoms with Crippen LogP contribution in [0.3, 0.4) is 0 Å². The van der Waals surface area contributed by atoms with Crippen molar-refractivity contribution in [2.24, 2.45) is 0 Å². The zero-order chi connectivity index (χ0) is 13.0. The summed E-state index contributed by atoms with van der Waals surface area (Å²) in [5.41, 5.74) is 4.19. The lowest BCUT2D eigenvalue weighted by atomic mass is 10.0. The number of nitrogens with one attached hydrogen (secondary N) is 2. The van der Waals surface area contributed by atoms with E-state index in [-0.39, 0.29) is 18.3 Å². The Hall–Kier alpha value is -1.32. The van der Waals surface area contributed by atoms with Gasteiger partial charge in [-0.25, -0.2) is 0 Å². The standard InChI is InChI=1S/C15H20N2O.ClH/c1-11-4-3-5-12(2)14(11)15(18)17-10-13-6-8-16-9-7-13;/h3-6,16H,7-10H2,1-2H3,(H,17,18);1H. The Bertz CT molecular complexity index is 463. The van der Waals surface area contributed by atoms with Crippen LogP contribution in [0.25, 0.3) is 0 Å². The number of benzene rings is 1. The van der Waals surface area contributed by atoms with E-state index >= 15 is 0 Å². The Kier molecular flexibility index (Phi) is 6.06. The van der Waals surface area contributed by atoms with E-state index in [9.17, 15) is 4.79 Å². The second kappa shape index (κ2) is 7.31. The van der Waals surface area contributed by atoms with Gasteiger partial charge in [-0.1, -0.05) is 29.8 Å². The number of hydrogen-bond acceptors (Lipinski definition) is 2. The molecule has 0 spiro atoms. The quantitative estimate of drug-likeness (QED) is 0.835. The highest BCUT2D eigenvalue weighted by Gasteiger charge is 2.12. The van der Waals surface area contributed by atoms with Crippen molar-refractivity contribution in [3.63, 3.8) is 0 Å². The number of rotatable bonds is 3. The molecule has 1 amide bonds. The van der Waals surface area contributed by atoms with E-state index in [4.69, 9.17) is 0 Å². The molecule has 0 fully saturated rings. The van der Waals surface area contributed by atoms with E-state index in [1.807, 2.05) is 32.0 Å². The molecule has 3 nitrogen and oxygen atoms in total. The van der Waals surface area contributed by atoms with Crippen molar-refractivity contribution >= 4 is 18.3 Å². The van der Waals surface area contributed by atoms with Gasteiger partial charge in [0, 0.05) is 18.7 Å². The largest absolute Gasteiger partial charge is 0.348 e. The number of carbonyl (C=O) groups is 1. The van der Waals surface area contributed by atoms with Crippen LogP contribution in [0.15, 0.2) is 29.8 Å². The molecule has 0 bridgehead atoms. The van der Waals surface area contributed by atoms with Crippen molar-refractivity contribution in [1.82, 2.24) is 10.6 Å². The third-order valence-corrected chi connectivity index (χ3v) is 3.34. The van der Waals surface area contributed by atoms with Gasteiger partial charge in [-0.3, -0.25) is 4.79 Å². The van der Waals surface area contributed by atoms with Crippen LogP contribution >= 0.6 is 12.4 Å². The Balaban J connectivity index is 0.00000180. The molecule has 1 aromatic carbocycles. The molecule has 0 aromatic heterocycles. The molecule has 2 rings (SSSR count). The van der Waals surface area contributed by atoms with Crippen molar-refractivity contribution < 1.29 is 4.79 Å². The molecule has 0 saturated carbocycles. The first-order valence-corrected chi connectivity index (χ1v) is 6.41. The van der Waals surface area contributed by atoms with E-state index < -0.39 is 0 Å². The molecule has 0 atom stereocenters. The lowest BCUT2D eigenvalue weighted by molar-refractivity contribution is 0.0955. The van der Waals surface area contributed by atoms with Gasteiger partial charge >= 0.3 is 0 Å². The van der Waals surface area contributed by atoms with Crippen LogP contribution < -0.4 is 10.6 Å². The third kappa shape index (κ3) is 4.08. The van der Waals surface area contributed by atoms with Gasteiger partial charge in [-0.15, -0.1) is 12.4 Å². The minimum Gasteiger partial charge on any atom is -0.348 e. The number of halogens is 1. The van der Waals surface area contributed by atoms with Gasteiger partial charge < -0.3 is 10.6 Å². The maximum absolute atomic E-state index is 12.2. The predicted molar refractivity (Wildman–Crippen MR) is 81.1 cm³/mol. The molecule has 19 heavy (non-hydrogen) atoms. The van der Waals surface area contributed by atoms with Crippen LogP contribution in [0.2, 0.25) is 0 Å². The van der Waals surface area contributed by atoms with Gasteiger partial charge in [-0.2, -0.15) is 0 Å². The second-order valence-corrected chi connectivity index (χ2v) is 4.77. The van der Waals surface area contributed by atoms with Crippen LogP contribution in [0.5, 0.6) is 0 Å². The molecular weight excluding hydrogens is 260 g/mol. The number of carbonyl (C=O) groups excluding carboxylic acids is 1. The molecule has 1 aliphatic heterocycles. The molecule has 1 heterocycles. The lowest BCUT2D eigenvalue weighted by Crippen LogP contribution is -2.30. The molecule has 0 saturated heterocycles. The molecule has 1 aromatic rings. The SMILES string of the molecule is Cc1cccc(C)c1C(=O)NCC1=CCNCC1.Cl. The zero-order valence-electron chi connectivity index (χ0n) is 11.5. The summed E-state index contributed by atoms with van der Waals surface area (Å²) in [5.74, 6) is 0.0324. The van der Waals surface area contributed by atoms with Gasteiger partial charge in [-0.05, 0) is 37.9 Å². The Morgan fingerprint density at radius 3 is 2.58 bits per heavy atom. The summed E-state index contributed by atoms with van der Waals surface area (Å²) in [6.07, 6.45) is 3.18. The normalized spacial score (nSPS) is 14.3. The van der Waals surface area contributed by atoms with Crippen molar-refractivity contribution in [2.45, 2.75) is 20.3 Å². The minimum atomic E-state index is 0. The van der Waals surface area contributed by atoms with E-state index in [0.29, 0.717) is 6.54 Å². The fourth-order valence-corrected chi connectivity index (χ4v) is 2.28. The van der Waals surface area contributed by atoms with Gasteiger partial charge in [0.05, 0.1) is 0 Å². The maximum Gasteiger partial charge on any atom is 0.252 e. The predicted octanol–water partition coefficient (Wildman–Crippen LogP) is 2.37. The maximum atomic E-state index is 12.2. The average Bonchev–Trinajstić information content (AvgIpc) is 2.37. The summed E-state index contributed by atoms with van der Waals surface area (Å²) in [5, 5.41) is 6.28. The van der Waals surface area contributed by atoms with E-state index in [2.05, 4.69) is 16.7 Å². The van der Waals surface area contributed by atoms with Gasteiger partial charge in [0.1, 0.15) is 0 Å². The summed E-state index contributed by atoms with van der Waals surface area (Å²) in [4.78, 5) is 12.2. The van der Waals surface area contributed by atoms with Crippen LogP contribution in [0, 0.1) is 13.8 Å². The first-order valence-electron chi connectivity index (χ1n) is 6.41. The van der Waals surface area contributed by atoms with Crippen LogP contribution in [-0.2, 0) is 0 Å². The topological polar surface area (TPSA) is 41.1 Å². The average molecular weight is 281 g/mol. The van der Waals surface area contributed by atoms with Gasteiger partial charge in [0.15, 0.2) is 0 Å². The van der Waals surface area contributed by atoms with Gasteiger partial charge in [0.2, 0.25) is 0 Å². The summed E-state index contributed by atoms with van der Waals surface area (Å²) >= 11 is 0. The second-order valence-electron chi connectivity index (χ2n) is 4.77. The number of hydrogen-bond donors (Lipinski definition) is 2. The summed E-state index contributed by atoms with van der Waals surface area (Å²) in [7, 11) is 0. The van der Waals surface area contributed by atoms with Gasteiger partial charge in [0.25, 0.3) is 5.91 Å². The molecule has 104 valence electrons. The Morgan fingerprint density at radius 2 is 2.00 bits per heavy atom. The molecule has 2 N–H and O–H groups in total. The molecule has 0 aliphatic carbocycles. The van der Waals surface area contributed by atoms with Crippen LogP contribution in [-0.4, -0.2) is 25.5 Å². The minimum absolute atomic E-state index is 0. The van der Waals surface area contributed by atoms with E-state index in [0.717, 1.165) is 36.2 Å². The third-order valence-electron chi connectivity index (χ3n) is 3.34.